The molecule has 1 heterocycles. The summed E-state index contributed by atoms with van der Waals surface area (Å²) in [6.45, 7) is 1.88. The van der Waals surface area contributed by atoms with Crippen LogP contribution in [-0.2, 0) is 10.2 Å². The van der Waals surface area contributed by atoms with E-state index < -0.39 is 10.2 Å². The zero-order chi connectivity index (χ0) is 12.5. The number of phenolic OH excluding ortho intramolecular Hbond substituents is 1. The van der Waals surface area contributed by atoms with E-state index in [2.05, 4.69) is 0 Å². The average Bonchev–Trinajstić information content (AvgIpc) is 2.28. The molecule has 7 heteroatoms. The molecular weight excluding hydrogens is 242 g/mol. The molecule has 0 bridgehead atoms. The largest absolute Gasteiger partial charge is 0.508 e. The predicted molar refractivity (Wildman–Crippen MR) is 65.0 cm³/mol. The Morgan fingerprint density at radius 1 is 1.18 bits per heavy atom. The van der Waals surface area contributed by atoms with Gasteiger partial charge in [0.25, 0.3) is 10.2 Å². The van der Waals surface area contributed by atoms with Crippen LogP contribution in [0, 0.1) is 0 Å². The second-order valence-corrected chi connectivity index (χ2v) is 5.50. The summed E-state index contributed by atoms with van der Waals surface area (Å²) in [5, 5.41) is 14.4. The summed E-state index contributed by atoms with van der Waals surface area (Å²) in [5.41, 5.74) is 0.888. The lowest BCUT2D eigenvalue weighted by atomic mass is 10.2. The van der Waals surface area contributed by atoms with Crippen LogP contribution in [0.1, 0.15) is 0 Å². The minimum absolute atomic E-state index is 0.205. The van der Waals surface area contributed by atoms with Gasteiger partial charge in [-0.3, -0.25) is 0 Å². The van der Waals surface area contributed by atoms with E-state index in [9.17, 15) is 13.5 Å². The maximum atomic E-state index is 11.1. The Balaban J connectivity index is 2.05. The molecule has 0 unspecified atom stereocenters. The molecule has 0 aromatic heterocycles. The fourth-order valence-corrected chi connectivity index (χ4v) is 2.56. The van der Waals surface area contributed by atoms with E-state index in [1.54, 1.807) is 18.2 Å². The molecule has 2 rings (SSSR count). The minimum Gasteiger partial charge on any atom is -0.508 e. The first-order chi connectivity index (χ1) is 7.97. The number of piperazine rings is 1. The van der Waals surface area contributed by atoms with E-state index in [-0.39, 0.29) is 5.75 Å². The summed E-state index contributed by atoms with van der Waals surface area (Å²) in [5.74, 6) is 0.205. The van der Waals surface area contributed by atoms with Gasteiger partial charge in [-0.2, -0.15) is 12.7 Å². The Morgan fingerprint density at radius 3 is 2.35 bits per heavy atom. The molecule has 1 aliphatic rings. The van der Waals surface area contributed by atoms with Crippen LogP contribution in [-0.4, -0.2) is 44.0 Å². The molecule has 0 amide bonds. The van der Waals surface area contributed by atoms with E-state index in [1.807, 2.05) is 11.0 Å². The van der Waals surface area contributed by atoms with Crippen LogP contribution in [0.2, 0.25) is 0 Å². The number of rotatable bonds is 2. The van der Waals surface area contributed by atoms with Gasteiger partial charge in [0.15, 0.2) is 0 Å². The molecule has 0 aliphatic carbocycles. The summed E-state index contributed by atoms with van der Waals surface area (Å²) in [7, 11) is -3.58. The fourth-order valence-electron chi connectivity index (χ4n) is 1.89. The van der Waals surface area contributed by atoms with Gasteiger partial charge in [0.2, 0.25) is 0 Å². The SMILES string of the molecule is NS(=O)(=O)N1CCN(c2cccc(O)c2)CC1. The normalized spacial score (nSPS) is 18.3. The highest BCUT2D eigenvalue weighted by Crippen LogP contribution is 2.21. The monoisotopic (exact) mass is 257 g/mol. The van der Waals surface area contributed by atoms with Crippen molar-refractivity contribution in [2.45, 2.75) is 0 Å². The molecule has 1 aliphatic heterocycles. The molecule has 1 aromatic rings. The number of benzene rings is 1. The van der Waals surface area contributed by atoms with Crippen molar-refractivity contribution in [3.05, 3.63) is 24.3 Å². The van der Waals surface area contributed by atoms with Crippen LogP contribution in [0.25, 0.3) is 0 Å². The van der Waals surface area contributed by atoms with Crippen molar-refractivity contribution in [2.24, 2.45) is 5.14 Å². The number of hydrogen-bond acceptors (Lipinski definition) is 4. The molecule has 17 heavy (non-hydrogen) atoms. The van der Waals surface area contributed by atoms with E-state index in [0.29, 0.717) is 26.2 Å². The lowest BCUT2D eigenvalue weighted by Crippen LogP contribution is -2.50. The zero-order valence-electron chi connectivity index (χ0n) is 9.28. The van der Waals surface area contributed by atoms with Crippen LogP contribution in [0.4, 0.5) is 5.69 Å². The number of anilines is 1. The highest BCUT2D eigenvalue weighted by atomic mass is 32.2. The van der Waals surface area contributed by atoms with Crippen molar-refractivity contribution in [1.82, 2.24) is 4.31 Å². The Bertz CT molecular complexity index is 495. The van der Waals surface area contributed by atoms with Gasteiger partial charge in [0.1, 0.15) is 5.75 Å². The zero-order valence-corrected chi connectivity index (χ0v) is 10.1. The molecule has 0 atom stereocenters. The Hall–Kier alpha value is -1.31. The van der Waals surface area contributed by atoms with Crippen LogP contribution < -0.4 is 10.0 Å². The van der Waals surface area contributed by atoms with Crippen LogP contribution in [0.3, 0.4) is 0 Å². The number of nitrogens with two attached hydrogens (primary N) is 1. The third-order valence-corrected chi connectivity index (χ3v) is 3.88. The number of phenols is 1. The summed E-state index contributed by atoms with van der Waals surface area (Å²) in [4.78, 5) is 2.02. The van der Waals surface area contributed by atoms with Gasteiger partial charge < -0.3 is 10.0 Å². The fraction of sp³-hybridized carbons (Fsp3) is 0.400. The van der Waals surface area contributed by atoms with Crippen molar-refractivity contribution >= 4 is 15.9 Å². The summed E-state index contributed by atoms with van der Waals surface area (Å²) >= 11 is 0. The maximum absolute atomic E-state index is 11.1. The minimum atomic E-state index is -3.58. The third kappa shape index (κ3) is 2.87. The Kier molecular flexibility index (Phi) is 3.23. The summed E-state index contributed by atoms with van der Waals surface area (Å²) in [6.07, 6.45) is 0. The molecule has 94 valence electrons. The molecule has 0 saturated carbocycles. The second-order valence-electron chi connectivity index (χ2n) is 3.95. The second kappa shape index (κ2) is 4.52. The summed E-state index contributed by atoms with van der Waals surface area (Å²) < 4.78 is 23.5. The number of nitrogens with zero attached hydrogens (tertiary/aromatic N) is 2. The smallest absolute Gasteiger partial charge is 0.277 e. The van der Waals surface area contributed by atoms with Crippen LogP contribution in [0.5, 0.6) is 5.75 Å². The maximum Gasteiger partial charge on any atom is 0.277 e. The average molecular weight is 257 g/mol. The van der Waals surface area contributed by atoms with E-state index >= 15 is 0 Å². The molecule has 1 fully saturated rings. The lowest BCUT2D eigenvalue weighted by Gasteiger charge is -2.34. The Labute approximate surface area is 100 Å². The van der Waals surface area contributed by atoms with Crippen LogP contribution >= 0.6 is 0 Å². The van der Waals surface area contributed by atoms with E-state index in [1.165, 1.54) is 4.31 Å². The molecule has 3 N–H and O–H groups in total. The molecule has 0 radical (unpaired) electrons. The highest BCUT2D eigenvalue weighted by Gasteiger charge is 2.23. The quantitative estimate of drug-likeness (QED) is 0.762. The lowest BCUT2D eigenvalue weighted by molar-refractivity contribution is 0.385. The molecule has 6 nitrogen and oxygen atoms in total. The standard InChI is InChI=1S/C10H15N3O3S/c11-17(15,16)13-6-4-12(5-7-13)9-2-1-3-10(14)8-9/h1-3,8,14H,4-7H2,(H2,11,15,16). The molecular formula is C10H15N3O3S. The van der Waals surface area contributed by atoms with Crippen molar-refractivity contribution < 1.29 is 13.5 Å². The van der Waals surface area contributed by atoms with Gasteiger partial charge in [-0.1, -0.05) is 6.07 Å². The van der Waals surface area contributed by atoms with Gasteiger partial charge in [-0.05, 0) is 12.1 Å². The van der Waals surface area contributed by atoms with Gasteiger partial charge in [-0.25, -0.2) is 5.14 Å². The molecule has 1 aromatic carbocycles. The van der Waals surface area contributed by atoms with Gasteiger partial charge >= 0.3 is 0 Å². The highest BCUT2D eigenvalue weighted by molar-refractivity contribution is 7.86. The van der Waals surface area contributed by atoms with Gasteiger partial charge in [0, 0.05) is 37.9 Å². The number of hydrogen-bond donors (Lipinski definition) is 2. The van der Waals surface area contributed by atoms with Crippen molar-refractivity contribution in [3.63, 3.8) is 0 Å². The van der Waals surface area contributed by atoms with E-state index in [4.69, 9.17) is 5.14 Å². The molecule has 0 spiro atoms. The van der Waals surface area contributed by atoms with Crippen molar-refractivity contribution in [1.29, 1.82) is 0 Å². The predicted octanol–water partition coefficient (Wildman–Crippen LogP) is -0.282. The van der Waals surface area contributed by atoms with E-state index in [0.717, 1.165) is 5.69 Å². The third-order valence-electron chi connectivity index (χ3n) is 2.79. The Morgan fingerprint density at radius 2 is 1.82 bits per heavy atom. The van der Waals surface area contributed by atoms with Gasteiger partial charge in [-0.15, -0.1) is 0 Å². The van der Waals surface area contributed by atoms with Gasteiger partial charge in [0.05, 0.1) is 0 Å². The van der Waals surface area contributed by atoms with Crippen molar-refractivity contribution in [2.75, 3.05) is 31.1 Å². The molecule has 1 saturated heterocycles. The first kappa shape index (κ1) is 12.2. The van der Waals surface area contributed by atoms with Crippen LogP contribution in [0.15, 0.2) is 24.3 Å². The first-order valence-corrected chi connectivity index (χ1v) is 6.79. The van der Waals surface area contributed by atoms with Crippen molar-refractivity contribution in [3.8, 4) is 5.75 Å². The summed E-state index contributed by atoms with van der Waals surface area (Å²) in [6, 6.07) is 6.90. The topological polar surface area (TPSA) is 86.9 Å². The number of aromatic hydroxyl groups is 1. The first-order valence-electron chi connectivity index (χ1n) is 5.29.